The Hall–Kier alpha value is -4.05. The highest BCUT2D eigenvalue weighted by Crippen LogP contribution is 2.32. The van der Waals surface area contributed by atoms with E-state index in [-0.39, 0.29) is 24.6 Å². The smallest absolute Gasteiger partial charge is 0.244 e. The lowest BCUT2D eigenvalue weighted by atomic mass is 10.0. The number of hydrogen-bond donors (Lipinski definition) is 1. The molecule has 0 saturated carbocycles. The number of ether oxygens (including phenoxy) is 2. The lowest BCUT2D eigenvalue weighted by molar-refractivity contribution is -0.140. The van der Waals surface area contributed by atoms with Crippen LogP contribution in [0.5, 0.6) is 11.5 Å². The molecule has 1 N–H and O–H groups in total. The van der Waals surface area contributed by atoms with E-state index in [1.807, 2.05) is 68.4 Å². The lowest BCUT2D eigenvalue weighted by Crippen LogP contribution is -2.53. The first-order chi connectivity index (χ1) is 19.1. The van der Waals surface area contributed by atoms with Crippen molar-refractivity contribution in [1.82, 2.24) is 10.2 Å². The van der Waals surface area contributed by atoms with Crippen LogP contribution in [0, 0.1) is 6.92 Å². The summed E-state index contributed by atoms with van der Waals surface area (Å²) >= 11 is 0. The van der Waals surface area contributed by atoms with Gasteiger partial charge in [0.1, 0.15) is 12.6 Å². The fourth-order valence-corrected chi connectivity index (χ4v) is 5.29. The molecule has 214 valence electrons. The van der Waals surface area contributed by atoms with Crippen LogP contribution in [0.25, 0.3) is 0 Å². The summed E-state index contributed by atoms with van der Waals surface area (Å²) < 4.78 is 37.5. The third kappa shape index (κ3) is 7.98. The van der Waals surface area contributed by atoms with Gasteiger partial charge in [0.05, 0.1) is 26.2 Å². The minimum absolute atomic E-state index is 0.124. The average molecular weight is 568 g/mol. The van der Waals surface area contributed by atoms with Crippen molar-refractivity contribution in [2.45, 2.75) is 32.9 Å². The van der Waals surface area contributed by atoms with Crippen LogP contribution in [0.4, 0.5) is 5.69 Å². The molecule has 0 fully saturated rings. The summed E-state index contributed by atoms with van der Waals surface area (Å²) in [6.07, 6.45) is 1.30. The van der Waals surface area contributed by atoms with Gasteiger partial charge >= 0.3 is 0 Å². The molecule has 0 spiro atoms. The van der Waals surface area contributed by atoms with E-state index < -0.39 is 28.5 Å². The second kappa shape index (κ2) is 13.8. The van der Waals surface area contributed by atoms with Crippen molar-refractivity contribution in [3.63, 3.8) is 0 Å². The van der Waals surface area contributed by atoms with Gasteiger partial charge in [0.15, 0.2) is 11.5 Å². The van der Waals surface area contributed by atoms with E-state index in [1.54, 1.807) is 12.1 Å². The summed E-state index contributed by atoms with van der Waals surface area (Å²) in [4.78, 5) is 28.9. The molecule has 0 unspecified atom stereocenters. The highest BCUT2D eigenvalue weighted by atomic mass is 32.2. The van der Waals surface area contributed by atoms with Gasteiger partial charge in [0, 0.05) is 25.6 Å². The highest BCUT2D eigenvalue weighted by Gasteiger charge is 2.33. The van der Waals surface area contributed by atoms with Crippen LogP contribution >= 0.6 is 0 Å². The number of likely N-dealkylation sites (N-methyl/N-ethyl adjacent to an activating group) is 1. The van der Waals surface area contributed by atoms with Crippen LogP contribution in [0.15, 0.2) is 72.8 Å². The van der Waals surface area contributed by atoms with Gasteiger partial charge < -0.3 is 19.7 Å². The number of rotatable bonds is 13. The number of hydrogen-bond acceptors (Lipinski definition) is 6. The minimum atomic E-state index is -3.90. The number of methoxy groups -OCH3 is 2. The molecule has 10 heteroatoms. The van der Waals surface area contributed by atoms with Crippen LogP contribution in [-0.2, 0) is 32.6 Å². The van der Waals surface area contributed by atoms with Gasteiger partial charge in [-0.3, -0.25) is 13.9 Å². The van der Waals surface area contributed by atoms with Crippen molar-refractivity contribution in [1.29, 1.82) is 0 Å². The maximum Gasteiger partial charge on any atom is 0.244 e. The molecule has 0 saturated heterocycles. The Morgan fingerprint density at radius 1 is 0.900 bits per heavy atom. The van der Waals surface area contributed by atoms with Crippen molar-refractivity contribution >= 4 is 27.5 Å². The van der Waals surface area contributed by atoms with Gasteiger partial charge in [-0.1, -0.05) is 60.2 Å². The Balaban J connectivity index is 2.06. The number of aryl methyl sites for hydroxylation is 1. The van der Waals surface area contributed by atoms with E-state index in [1.165, 1.54) is 25.2 Å². The van der Waals surface area contributed by atoms with Crippen LogP contribution in [0.1, 0.15) is 23.6 Å². The maximum atomic E-state index is 14.1. The van der Waals surface area contributed by atoms with Crippen LogP contribution in [0.2, 0.25) is 0 Å². The van der Waals surface area contributed by atoms with E-state index >= 15 is 0 Å². The van der Waals surface area contributed by atoms with E-state index in [0.717, 1.165) is 27.3 Å². The predicted molar refractivity (Wildman–Crippen MR) is 156 cm³/mol. The Morgan fingerprint density at radius 2 is 1.57 bits per heavy atom. The highest BCUT2D eigenvalue weighted by molar-refractivity contribution is 7.92. The molecule has 3 aromatic rings. The number of sulfonamides is 1. The lowest BCUT2D eigenvalue weighted by Gasteiger charge is -2.33. The van der Waals surface area contributed by atoms with Crippen molar-refractivity contribution in [3.05, 3.63) is 89.5 Å². The maximum absolute atomic E-state index is 14.1. The summed E-state index contributed by atoms with van der Waals surface area (Å²) in [6.45, 7) is 3.76. The Bertz CT molecular complexity index is 1410. The monoisotopic (exact) mass is 567 g/mol. The molecular formula is C30H37N3O6S. The number of benzene rings is 3. The van der Waals surface area contributed by atoms with Gasteiger partial charge in [-0.05, 0) is 37.1 Å². The molecule has 0 aromatic heterocycles. The summed E-state index contributed by atoms with van der Waals surface area (Å²) in [5.41, 5.74) is 2.95. The molecule has 0 aliphatic rings. The zero-order valence-corrected chi connectivity index (χ0v) is 24.4. The normalized spacial score (nSPS) is 11.8. The van der Waals surface area contributed by atoms with E-state index in [4.69, 9.17) is 9.47 Å². The molecule has 0 aliphatic heterocycles. The van der Waals surface area contributed by atoms with Crippen LogP contribution in [0.3, 0.4) is 0 Å². The number of carbonyl (C=O) groups excluding carboxylic acids is 2. The van der Waals surface area contributed by atoms with Gasteiger partial charge in [0.25, 0.3) is 0 Å². The molecule has 0 aliphatic carbocycles. The third-order valence-corrected chi connectivity index (χ3v) is 7.53. The molecule has 0 radical (unpaired) electrons. The van der Waals surface area contributed by atoms with E-state index in [9.17, 15) is 18.0 Å². The number of nitrogens with zero attached hydrogens (tertiary/aromatic N) is 2. The molecule has 1 atom stereocenters. The standard InChI is InChI=1S/C30H37N3O6S/c1-6-31-30(35)26(18-23-12-8-7-9-13-23)32(20-24-14-10-11-22(2)17-24)29(34)21-33(40(5,36)37)25-15-16-27(38-3)28(19-25)39-4/h7-17,19,26H,6,18,20-21H2,1-5H3,(H,31,35)/t26-/m0/s1. The molecule has 0 heterocycles. The number of nitrogens with one attached hydrogen (secondary N) is 1. The summed E-state index contributed by atoms with van der Waals surface area (Å²) in [6, 6.07) is 20.8. The zero-order valence-electron chi connectivity index (χ0n) is 23.6. The summed E-state index contributed by atoms with van der Waals surface area (Å²) in [5.74, 6) is -0.0912. The van der Waals surface area contributed by atoms with Gasteiger partial charge in [0.2, 0.25) is 21.8 Å². The number of anilines is 1. The predicted octanol–water partition coefficient (Wildman–Crippen LogP) is 3.55. The summed E-state index contributed by atoms with van der Waals surface area (Å²) in [7, 11) is -0.972. The topological polar surface area (TPSA) is 105 Å². The molecule has 3 aromatic carbocycles. The van der Waals surface area contributed by atoms with Crippen molar-refractivity contribution < 1.29 is 27.5 Å². The fourth-order valence-electron chi connectivity index (χ4n) is 4.45. The minimum Gasteiger partial charge on any atom is -0.493 e. The first kappa shape index (κ1) is 30.5. The number of carbonyl (C=O) groups is 2. The van der Waals surface area contributed by atoms with Gasteiger partial charge in [-0.15, -0.1) is 0 Å². The SMILES string of the molecule is CCNC(=O)[C@H](Cc1ccccc1)N(Cc1cccc(C)c1)C(=O)CN(c1ccc(OC)c(OC)c1)S(C)(=O)=O. The zero-order chi connectivity index (χ0) is 29.3. The fraction of sp³-hybridized carbons (Fsp3) is 0.333. The van der Waals surface area contributed by atoms with E-state index in [0.29, 0.717) is 18.0 Å². The van der Waals surface area contributed by atoms with Crippen molar-refractivity contribution in [2.75, 3.05) is 37.9 Å². The van der Waals surface area contributed by atoms with Crippen LogP contribution in [-0.4, -0.2) is 64.7 Å². The van der Waals surface area contributed by atoms with Gasteiger partial charge in [-0.2, -0.15) is 0 Å². The van der Waals surface area contributed by atoms with E-state index in [2.05, 4.69) is 5.32 Å². The molecule has 3 rings (SSSR count). The Morgan fingerprint density at radius 3 is 2.17 bits per heavy atom. The largest absolute Gasteiger partial charge is 0.493 e. The van der Waals surface area contributed by atoms with Crippen molar-refractivity contribution in [3.8, 4) is 11.5 Å². The molecule has 0 bridgehead atoms. The van der Waals surface area contributed by atoms with Crippen LogP contribution < -0.4 is 19.1 Å². The first-order valence-corrected chi connectivity index (χ1v) is 14.8. The molecule has 40 heavy (non-hydrogen) atoms. The Labute approximate surface area is 236 Å². The average Bonchev–Trinajstić information content (AvgIpc) is 2.93. The second-order valence-corrected chi connectivity index (χ2v) is 11.3. The third-order valence-electron chi connectivity index (χ3n) is 6.39. The molecule has 9 nitrogen and oxygen atoms in total. The molecule has 2 amide bonds. The first-order valence-electron chi connectivity index (χ1n) is 12.9. The quantitative estimate of drug-likeness (QED) is 0.339. The number of amides is 2. The summed E-state index contributed by atoms with van der Waals surface area (Å²) in [5, 5.41) is 2.85. The molecular weight excluding hydrogens is 530 g/mol. The van der Waals surface area contributed by atoms with Gasteiger partial charge in [-0.25, -0.2) is 8.42 Å². The Kier molecular flexibility index (Phi) is 10.6. The van der Waals surface area contributed by atoms with Crippen molar-refractivity contribution in [2.24, 2.45) is 0 Å². The second-order valence-electron chi connectivity index (χ2n) is 9.42.